The summed E-state index contributed by atoms with van der Waals surface area (Å²) in [5.41, 5.74) is 5.36. The van der Waals surface area contributed by atoms with Crippen molar-refractivity contribution < 1.29 is 34.6 Å². The number of oxime groups is 1. The maximum Gasteiger partial charge on any atom is 0.322 e. The van der Waals surface area contributed by atoms with Crippen molar-refractivity contribution in [3.05, 3.63) is 0 Å². The Labute approximate surface area is 183 Å². The molecule has 0 aromatic carbocycles. The third kappa shape index (κ3) is 14.1. The molecule has 13 heteroatoms. The van der Waals surface area contributed by atoms with Gasteiger partial charge in [-0.25, -0.2) is 0 Å². The maximum absolute atomic E-state index is 12.2. The highest BCUT2D eigenvalue weighted by molar-refractivity contribution is 8.14. The Morgan fingerprint density at radius 3 is 2.37 bits per heavy atom. The predicted molar refractivity (Wildman–Crippen MR) is 116 cm³/mol. The summed E-state index contributed by atoms with van der Waals surface area (Å²) >= 11 is 2.83. The number of carbonyl (C=O) groups excluding carboxylic acids is 2. The zero-order valence-corrected chi connectivity index (χ0v) is 18.5. The van der Waals surface area contributed by atoms with Crippen molar-refractivity contribution in [2.75, 3.05) is 24.3 Å². The molecule has 0 fully saturated rings. The molecule has 0 rings (SSSR count). The third-order valence-electron chi connectivity index (χ3n) is 3.83. The van der Waals surface area contributed by atoms with Gasteiger partial charge in [-0.3, -0.25) is 19.2 Å². The summed E-state index contributed by atoms with van der Waals surface area (Å²) in [7, 11) is 0. The molecule has 2 atom stereocenters. The third-order valence-corrected chi connectivity index (χ3v) is 5.65. The number of aliphatic carboxylic acids is 2. The first-order chi connectivity index (χ1) is 14.2. The largest absolute Gasteiger partial charge is 0.480 e. The van der Waals surface area contributed by atoms with Crippen molar-refractivity contribution in [1.82, 2.24) is 10.6 Å². The molecule has 172 valence electrons. The summed E-state index contributed by atoms with van der Waals surface area (Å²) in [6.45, 7) is -0.615. The minimum absolute atomic E-state index is 0.0202. The van der Waals surface area contributed by atoms with Gasteiger partial charge < -0.3 is 31.8 Å². The quantitative estimate of drug-likeness (QED) is 0.0606. The number of amides is 2. The van der Waals surface area contributed by atoms with Crippen molar-refractivity contribution in [3.8, 4) is 0 Å². The smallest absolute Gasteiger partial charge is 0.322 e. The van der Waals surface area contributed by atoms with E-state index in [0.717, 1.165) is 36.8 Å². The van der Waals surface area contributed by atoms with Crippen molar-refractivity contribution in [2.24, 2.45) is 10.9 Å². The van der Waals surface area contributed by atoms with E-state index in [9.17, 15) is 19.2 Å². The fraction of sp³-hybridized carbons (Fsp3) is 0.706. The lowest BCUT2D eigenvalue weighted by Crippen LogP contribution is -2.49. The van der Waals surface area contributed by atoms with Crippen LogP contribution in [0.4, 0.5) is 0 Å². The van der Waals surface area contributed by atoms with Gasteiger partial charge in [0.15, 0.2) is 0 Å². The number of hydrogen-bond donors (Lipinski definition) is 6. The Kier molecular flexibility index (Phi) is 15.7. The van der Waals surface area contributed by atoms with Crippen molar-refractivity contribution in [1.29, 1.82) is 0 Å². The molecule has 2 unspecified atom stereocenters. The highest BCUT2D eigenvalue weighted by Gasteiger charge is 2.23. The van der Waals surface area contributed by atoms with E-state index in [1.54, 1.807) is 11.8 Å². The molecule has 0 bridgehead atoms. The number of hydrogen-bond acceptors (Lipinski definition) is 9. The molecule has 0 saturated carbocycles. The summed E-state index contributed by atoms with van der Waals surface area (Å²) in [5, 5.41) is 34.9. The van der Waals surface area contributed by atoms with Crippen LogP contribution in [0.2, 0.25) is 0 Å². The number of nitrogens with zero attached hydrogens (tertiary/aromatic N) is 1. The van der Waals surface area contributed by atoms with Crippen molar-refractivity contribution in [2.45, 2.75) is 50.6 Å². The van der Waals surface area contributed by atoms with Gasteiger partial charge in [0.1, 0.15) is 23.7 Å². The molecule has 7 N–H and O–H groups in total. The van der Waals surface area contributed by atoms with E-state index >= 15 is 0 Å². The summed E-state index contributed by atoms with van der Waals surface area (Å²) < 4.78 is 0. The molecule has 0 heterocycles. The summed E-state index contributed by atoms with van der Waals surface area (Å²) in [4.78, 5) is 45.7. The molecule has 0 aliphatic heterocycles. The second-order valence-electron chi connectivity index (χ2n) is 6.32. The maximum atomic E-state index is 12.2. The molecule has 0 aliphatic rings. The van der Waals surface area contributed by atoms with Crippen LogP contribution in [0.3, 0.4) is 0 Å². The predicted octanol–water partition coefficient (Wildman–Crippen LogP) is 0.308. The van der Waals surface area contributed by atoms with Crippen molar-refractivity contribution in [3.63, 3.8) is 0 Å². The number of nitrogens with one attached hydrogen (secondary N) is 2. The van der Waals surface area contributed by atoms with Crippen LogP contribution in [0.25, 0.3) is 0 Å². The van der Waals surface area contributed by atoms with E-state index in [2.05, 4.69) is 15.8 Å². The first-order valence-electron chi connectivity index (χ1n) is 9.31. The molecule has 0 radical (unpaired) electrons. The van der Waals surface area contributed by atoms with Gasteiger partial charge in [0.2, 0.25) is 11.8 Å². The standard InChI is InChI=1S/C17H30N4O7S2/c1-29-8-4-2-3-5-14(21-28)30-10-12(16(25)19-9-15(23)24)20-13(22)7-6-11(18)17(26)27/h11-12,28H,2-10,18H2,1H3,(H,19,25)(H,20,22)(H,23,24)(H,26,27). The number of nitrogens with two attached hydrogens (primary N) is 1. The average Bonchev–Trinajstić information content (AvgIpc) is 2.70. The van der Waals surface area contributed by atoms with Gasteiger partial charge in [-0.15, -0.1) is 11.8 Å². The number of unbranched alkanes of at least 4 members (excludes halogenated alkanes) is 2. The Hall–Kier alpha value is -1.99. The summed E-state index contributed by atoms with van der Waals surface area (Å²) in [6, 6.07) is -2.29. The van der Waals surface area contributed by atoms with Crippen LogP contribution in [0.1, 0.15) is 38.5 Å². The molecular formula is C17H30N4O7S2. The Balaban J connectivity index is 4.75. The minimum Gasteiger partial charge on any atom is -0.480 e. The van der Waals surface area contributed by atoms with Gasteiger partial charge in [-0.1, -0.05) is 11.6 Å². The van der Waals surface area contributed by atoms with Crippen LogP contribution >= 0.6 is 23.5 Å². The van der Waals surface area contributed by atoms with Gasteiger partial charge in [-0.2, -0.15) is 11.8 Å². The SMILES string of the molecule is CSCCCCCC(=NO)SCC(NC(=O)CCC(N)C(=O)O)C(=O)NCC(=O)O. The lowest BCUT2D eigenvalue weighted by atomic mass is 10.1. The zero-order valence-electron chi connectivity index (χ0n) is 16.8. The summed E-state index contributed by atoms with van der Waals surface area (Å²) in [6.07, 6.45) is 5.02. The van der Waals surface area contributed by atoms with E-state index in [1.165, 1.54) is 0 Å². The molecule has 0 spiro atoms. The van der Waals surface area contributed by atoms with Gasteiger partial charge >= 0.3 is 11.9 Å². The molecular weight excluding hydrogens is 436 g/mol. The molecule has 30 heavy (non-hydrogen) atoms. The highest BCUT2D eigenvalue weighted by Crippen LogP contribution is 2.14. The fourth-order valence-corrected chi connectivity index (χ4v) is 3.61. The second-order valence-corrected chi connectivity index (χ2v) is 8.40. The fourth-order valence-electron chi connectivity index (χ4n) is 2.18. The van der Waals surface area contributed by atoms with Gasteiger partial charge in [0.25, 0.3) is 0 Å². The van der Waals surface area contributed by atoms with Gasteiger partial charge in [0.05, 0.1) is 0 Å². The topological polar surface area (TPSA) is 191 Å². The highest BCUT2D eigenvalue weighted by atomic mass is 32.2. The number of thioether (sulfide) groups is 2. The summed E-state index contributed by atoms with van der Waals surface area (Å²) in [5.74, 6) is -2.72. The molecule has 2 amide bonds. The van der Waals surface area contributed by atoms with Crippen LogP contribution in [0.5, 0.6) is 0 Å². The Morgan fingerprint density at radius 2 is 1.80 bits per heavy atom. The zero-order chi connectivity index (χ0) is 22.9. The van der Waals surface area contributed by atoms with Crippen LogP contribution in [-0.2, 0) is 19.2 Å². The van der Waals surface area contributed by atoms with Crippen LogP contribution in [0, 0.1) is 0 Å². The van der Waals surface area contributed by atoms with Gasteiger partial charge in [0, 0.05) is 12.2 Å². The molecule has 11 nitrogen and oxygen atoms in total. The molecule has 0 saturated heterocycles. The number of carbonyl (C=O) groups is 4. The van der Waals surface area contributed by atoms with E-state index in [1.807, 2.05) is 6.26 Å². The number of rotatable bonds is 16. The normalized spacial score (nSPS) is 13.3. The Bertz CT molecular complexity index is 605. The van der Waals surface area contributed by atoms with Crippen LogP contribution in [0.15, 0.2) is 5.16 Å². The number of carboxylic acid groups (broad SMARTS) is 2. The van der Waals surface area contributed by atoms with Crippen molar-refractivity contribution >= 4 is 52.3 Å². The average molecular weight is 467 g/mol. The monoisotopic (exact) mass is 466 g/mol. The van der Waals surface area contributed by atoms with E-state index < -0.39 is 42.4 Å². The van der Waals surface area contributed by atoms with Crippen LogP contribution < -0.4 is 16.4 Å². The van der Waals surface area contributed by atoms with E-state index in [4.69, 9.17) is 21.2 Å². The molecule has 0 aromatic heterocycles. The molecule has 0 aromatic rings. The lowest BCUT2D eigenvalue weighted by Gasteiger charge is -2.18. The van der Waals surface area contributed by atoms with E-state index in [-0.39, 0.29) is 18.6 Å². The van der Waals surface area contributed by atoms with Crippen LogP contribution in [-0.4, -0.2) is 80.6 Å². The minimum atomic E-state index is -1.24. The van der Waals surface area contributed by atoms with Gasteiger partial charge in [-0.05, 0) is 37.7 Å². The first-order valence-corrected chi connectivity index (χ1v) is 11.7. The number of carboxylic acids is 2. The Morgan fingerprint density at radius 1 is 1.10 bits per heavy atom. The first kappa shape index (κ1) is 28.0. The lowest BCUT2D eigenvalue weighted by molar-refractivity contribution is -0.139. The second kappa shape index (κ2) is 16.8. The molecule has 0 aliphatic carbocycles. The van der Waals surface area contributed by atoms with E-state index in [0.29, 0.717) is 11.5 Å².